The average Bonchev–Trinajstić information content (AvgIpc) is 2.81. The van der Waals surface area contributed by atoms with Gasteiger partial charge in [-0.05, 0) is 43.9 Å². The summed E-state index contributed by atoms with van der Waals surface area (Å²) in [5.41, 5.74) is -2.31. The van der Waals surface area contributed by atoms with Gasteiger partial charge in [0, 0.05) is 23.5 Å². The second-order valence-electron chi connectivity index (χ2n) is 11.6. The molecule has 13 heteroatoms. The first-order chi connectivity index (χ1) is 17.8. The first-order valence-corrected chi connectivity index (χ1v) is 14.7. The SMILES string of the molecule is CC(C)C(NC(=O)NCC(C)(C)OC(=O)CCS(=O)(=O)O)C(=O)N1CC[C@](O)(c2ccc(Cl)cc2)C(C)(C)C1. The van der Waals surface area contributed by atoms with Crippen molar-refractivity contribution in [2.75, 3.05) is 25.4 Å². The number of carbonyl (C=O) groups excluding carboxylic acids is 3. The number of esters is 1. The van der Waals surface area contributed by atoms with Crippen molar-refractivity contribution >= 4 is 39.6 Å². The number of aliphatic hydroxyl groups is 1. The summed E-state index contributed by atoms with van der Waals surface area (Å²) < 4.78 is 35.6. The molecule has 1 aliphatic rings. The standard InChI is InChI=1S/C26H40ClN3O8S/c1-17(2)21(29-23(33)28-15-25(5,6)38-20(31)11-14-39(35,36)37)22(32)30-13-12-26(34,24(3,4)16-30)18-7-9-19(27)10-8-18/h7-10,17,21,34H,11-16H2,1-6H3,(H2,28,29,33)(H,35,36,37)/t21?,26-/m0/s1. The lowest BCUT2D eigenvalue weighted by Crippen LogP contribution is -2.61. The second kappa shape index (κ2) is 12.4. The van der Waals surface area contributed by atoms with Crippen LogP contribution < -0.4 is 10.6 Å². The number of halogens is 1. The molecule has 1 fully saturated rings. The number of likely N-dealkylation sites (tertiary alicyclic amines) is 1. The van der Waals surface area contributed by atoms with Gasteiger partial charge >= 0.3 is 12.0 Å². The van der Waals surface area contributed by atoms with Gasteiger partial charge in [0.15, 0.2) is 0 Å². The highest BCUT2D eigenvalue weighted by Gasteiger charge is 2.50. The predicted octanol–water partition coefficient (Wildman–Crippen LogP) is 2.71. The van der Waals surface area contributed by atoms with E-state index in [1.54, 1.807) is 29.2 Å². The van der Waals surface area contributed by atoms with E-state index in [-0.39, 0.29) is 24.9 Å². The van der Waals surface area contributed by atoms with E-state index >= 15 is 0 Å². The Morgan fingerprint density at radius 1 is 1.18 bits per heavy atom. The maximum Gasteiger partial charge on any atom is 0.315 e. The third kappa shape index (κ3) is 9.06. The molecule has 0 aromatic heterocycles. The van der Waals surface area contributed by atoms with Gasteiger partial charge < -0.3 is 25.4 Å². The van der Waals surface area contributed by atoms with E-state index in [2.05, 4.69) is 10.6 Å². The fourth-order valence-corrected chi connectivity index (χ4v) is 5.12. The van der Waals surface area contributed by atoms with E-state index in [1.165, 1.54) is 13.8 Å². The summed E-state index contributed by atoms with van der Waals surface area (Å²) in [7, 11) is -4.30. The van der Waals surface area contributed by atoms with Crippen molar-refractivity contribution in [1.82, 2.24) is 15.5 Å². The van der Waals surface area contributed by atoms with Crippen LogP contribution in [-0.4, -0.2) is 77.9 Å². The Hall–Kier alpha value is -2.41. The number of urea groups is 1. The number of piperidine rings is 1. The number of ether oxygens (including phenoxy) is 1. The van der Waals surface area contributed by atoms with Crippen LogP contribution in [0.15, 0.2) is 24.3 Å². The summed E-state index contributed by atoms with van der Waals surface area (Å²) in [5.74, 6) is -2.13. The fraction of sp³-hybridized carbons (Fsp3) is 0.654. The molecule has 1 saturated heterocycles. The molecule has 11 nitrogen and oxygen atoms in total. The molecule has 0 radical (unpaired) electrons. The summed E-state index contributed by atoms with van der Waals surface area (Å²) in [6, 6.07) is 5.54. The lowest BCUT2D eigenvalue weighted by molar-refractivity contribution is -0.156. The van der Waals surface area contributed by atoms with Crippen molar-refractivity contribution in [3.05, 3.63) is 34.9 Å². The fourth-order valence-electron chi connectivity index (χ4n) is 4.57. The third-order valence-electron chi connectivity index (χ3n) is 6.93. The van der Waals surface area contributed by atoms with Crippen LogP contribution in [0.3, 0.4) is 0 Å². The highest BCUT2D eigenvalue weighted by Crippen LogP contribution is 2.46. The van der Waals surface area contributed by atoms with Crippen LogP contribution in [0.4, 0.5) is 4.79 Å². The Morgan fingerprint density at radius 3 is 2.28 bits per heavy atom. The smallest absolute Gasteiger partial charge is 0.315 e. The molecule has 1 aromatic rings. The molecule has 3 amide bonds. The third-order valence-corrected chi connectivity index (χ3v) is 7.90. The van der Waals surface area contributed by atoms with Gasteiger partial charge in [0.1, 0.15) is 11.6 Å². The molecule has 2 rings (SSSR count). The average molecular weight is 590 g/mol. The molecular formula is C26H40ClN3O8S. The first kappa shape index (κ1) is 32.8. The van der Waals surface area contributed by atoms with Gasteiger partial charge in [-0.15, -0.1) is 0 Å². The second-order valence-corrected chi connectivity index (χ2v) is 13.6. The van der Waals surface area contributed by atoms with Crippen molar-refractivity contribution < 1.29 is 37.2 Å². The molecule has 2 atom stereocenters. The van der Waals surface area contributed by atoms with Crippen LogP contribution in [0.1, 0.15) is 59.9 Å². The summed E-state index contributed by atoms with van der Waals surface area (Å²) in [6.07, 6.45) is -0.223. The Kier molecular flexibility index (Phi) is 10.4. The minimum Gasteiger partial charge on any atom is -0.458 e. The van der Waals surface area contributed by atoms with Crippen LogP contribution in [0.25, 0.3) is 0 Å². The molecular weight excluding hydrogens is 550 g/mol. The summed E-state index contributed by atoms with van der Waals surface area (Å²) in [5, 5.41) is 17.4. The highest BCUT2D eigenvalue weighted by atomic mass is 35.5. The Bertz CT molecular complexity index is 1150. The van der Waals surface area contributed by atoms with Gasteiger partial charge in [-0.2, -0.15) is 8.42 Å². The number of benzene rings is 1. The number of nitrogens with one attached hydrogen (secondary N) is 2. The molecule has 39 heavy (non-hydrogen) atoms. The number of hydrogen-bond donors (Lipinski definition) is 4. The molecule has 1 unspecified atom stereocenters. The van der Waals surface area contributed by atoms with Gasteiger partial charge in [-0.25, -0.2) is 4.79 Å². The van der Waals surface area contributed by atoms with E-state index in [4.69, 9.17) is 20.9 Å². The number of rotatable bonds is 10. The maximum absolute atomic E-state index is 13.5. The summed E-state index contributed by atoms with van der Waals surface area (Å²) in [6.45, 7) is 10.9. The van der Waals surface area contributed by atoms with Crippen molar-refractivity contribution in [1.29, 1.82) is 0 Å². The van der Waals surface area contributed by atoms with E-state index in [0.717, 1.165) is 5.56 Å². The lowest BCUT2D eigenvalue weighted by atomic mass is 9.66. The van der Waals surface area contributed by atoms with E-state index in [0.29, 0.717) is 18.0 Å². The molecule has 0 spiro atoms. The summed E-state index contributed by atoms with van der Waals surface area (Å²) >= 11 is 6.01. The van der Waals surface area contributed by atoms with E-state index in [1.807, 2.05) is 27.7 Å². The van der Waals surface area contributed by atoms with Crippen molar-refractivity contribution in [3.63, 3.8) is 0 Å². The molecule has 0 bridgehead atoms. The van der Waals surface area contributed by atoms with Gasteiger partial charge in [0.25, 0.3) is 10.1 Å². The number of carbonyl (C=O) groups is 3. The molecule has 0 aliphatic carbocycles. The molecule has 4 N–H and O–H groups in total. The first-order valence-electron chi connectivity index (χ1n) is 12.7. The largest absolute Gasteiger partial charge is 0.458 e. The van der Waals surface area contributed by atoms with Gasteiger partial charge in [0.2, 0.25) is 5.91 Å². The quantitative estimate of drug-likeness (QED) is 0.239. The van der Waals surface area contributed by atoms with Crippen LogP contribution in [0.2, 0.25) is 5.02 Å². The zero-order valence-corrected chi connectivity index (χ0v) is 24.9. The number of nitrogens with zero attached hydrogens (tertiary/aromatic N) is 1. The maximum atomic E-state index is 13.5. The molecule has 220 valence electrons. The van der Waals surface area contributed by atoms with Gasteiger partial charge in [-0.1, -0.05) is 51.4 Å². The molecule has 1 aliphatic heterocycles. The Labute approximate surface area is 235 Å². The van der Waals surface area contributed by atoms with E-state index in [9.17, 15) is 27.9 Å². The van der Waals surface area contributed by atoms with E-state index < -0.39 is 57.0 Å². The predicted molar refractivity (Wildman–Crippen MR) is 147 cm³/mol. The van der Waals surface area contributed by atoms with Crippen LogP contribution in [0, 0.1) is 11.3 Å². The van der Waals surface area contributed by atoms with Crippen molar-refractivity contribution in [2.45, 2.75) is 71.6 Å². The minimum atomic E-state index is -4.30. The number of amides is 3. The van der Waals surface area contributed by atoms with Crippen LogP contribution in [-0.2, 0) is 30.0 Å². The van der Waals surface area contributed by atoms with Crippen LogP contribution in [0.5, 0.6) is 0 Å². The summed E-state index contributed by atoms with van der Waals surface area (Å²) in [4.78, 5) is 39.7. The number of hydrogen-bond acceptors (Lipinski definition) is 7. The zero-order chi connectivity index (χ0) is 29.8. The molecule has 1 aromatic carbocycles. The van der Waals surface area contributed by atoms with Gasteiger partial charge in [-0.3, -0.25) is 14.1 Å². The minimum absolute atomic E-state index is 0.111. The van der Waals surface area contributed by atoms with Crippen LogP contribution >= 0.6 is 11.6 Å². The normalized spacial score (nSPS) is 20.3. The molecule has 0 saturated carbocycles. The monoisotopic (exact) mass is 589 g/mol. The van der Waals surface area contributed by atoms with Crippen molar-refractivity contribution in [3.8, 4) is 0 Å². The van der Waals surface area contributed by atoms with Gasteiger partial charge in [0.05, 0.1) is 24.3 Å². The highest BCUT2D eigenvalue weighted by molar-refractivity contribution is 7.85. The lowest BCUT2D eigenvalue weighted by Gasteiger charge is -2.51. The molecule has 1 heterocycles. The Balaban J connectivity index is 2.00. The Morgan fingerprint density at radius 2 is 1.77 bits per heavy atom. The van der Waals surface area contributed by atoms with Crippen molar-refractivity contribution in [2.24, 2.45) is 11.3 Å². The zero-order valence-electron chi connectivity index (χ0n) is 23.3. The topological polar surface area (TPSA) is 162 Å².